The molecule has 0 saturated heterocycles. The minimum Gasteiger partial charge on any atom is -0.374 e. The molecule has 60 valence electrons. The number of Topliss-reactive ketones (excluding diaryl/α,β-unsaturated/α-hetero) is 1. The van der Waals surface area contributed by atoms with Crippen molar-refractivity contribution in [2.45, 2.75) is 25.1 Å². The summed E-state index contributed by atoms with van der Waals surface area (Å²) in [5, 5.41) is 0. The van der Waals surface area contributed by atoms with Gasteiger partial charge in [-0.25, -0.2) is 0 Å². The Balaban J connectivity index is 3.42. The first-order valence-corrected chi connectivity index (χ1v) is 4.38. The Labute approximate surface area is 70.1 Å². The molecular weight excluding hydrogens is 196 g/mol. The Bertz CT molecular complexity index is 104. The molecule has 0 rings (SSSR count). The summed E-state index contributed by atoms with van der Waals surface area (Å²) in [6.07, 6.45) is 0.825. The first kappa shape index (κ1) is 10.1. The number of rotatable bonds is 5. The molecule has 10 heavy (non-hydrogen) atoms. The summed E-state index contributed by atoms with van der Waals surface area (Å²) in [4.78, 5) is 10.9. The lowest BCUT2D eigenvalue weighted by molar-refractivity contribution is -0.122. The van der Waals surface area contributed by atoms with E-state index >= 15 is 0 Å². The van der Waals surface area contributed by atoms with Crippen LogP contribution in [0.15, 0.2) is 0 Å². The topological polar surface area (TPSA) is 26.3 Å². The quantitative estimate of drug-likeness (QED) is 0.645. The van der Waals surface area contributed by atoms with Crippen molar-refractivity contribution in [2.75, 3.05) is 13.2 Å². The fraction of sp³-hybridized carbons (Fsp3) is 0.857. The van der Waals surface area contributed by atoms with Crippen molar-refractivity contribution in [2.24, 2.45) is 0 Å². The summed E-state index contributed by atoms with van der Waals surface area (Å²) in [6, 6.07) is 0. The van der Waals surface area contributed by atoms with Crippen molar-refractivity contribution in [3.05, 3.63) is 0 Å². The van der Waals surface area contributed by atoms with Gasteiger partial charge in [0.1, 0.15) is 6.61 Å². The highest BCUT2D eigenvalue weighted by atomic mass is 79.9. The van der Waals surface area contributed by atoms with Crippen LogP contribution in [0, 0.1) is 0 Å². The summed E-state index contributed by atoms with van der Waals surface area (Å²) < 4.78 is 4.94. The maximum atomic E-state index is 11.0. The molecule has 0 amide bonds. The monoisotopic (exact) mass is 208 g/mol. The lowest BCUT2D eigenvalue weighted by Gasteiger charge is -2.04. The fourth-order valence-electron chi connectivity index (χ4n) is 0.521. The normalized spacial score (nSPS) is 13.1. The zero-order chi connectivity index (χ0) is 7.98. The number of hydrogen-bond donors (Lipinski definition) is 0. The van der Waals surface area contributed by atoms with Gasteiger partial charge in [0, 0.05) is 6.61 Å². The number of carbonyl (C=O) groups is 1. The van der Waals surface area contributed by atoms with E-state index in [1.807, 2.05) is 13.8 Å². The maximum absolute atomic E-state index is 11.0. The standard InChI is InChI=1S/C7H13BrO2/c1-3-6(8)7(9)5-10-4-2/h6H,3-5H2,1-2H3. The molecule has 0 aromatic rings. The zero-order valence-corrected chi connectivity index (χ0v) is 7.98. The second kappa shape index (κ2) is 5.86. The molecule has 1 atom stereocenters. The van der Waals surface area contributed by atoms with Crippen LogP contribution in [0.2, 0.25) is 0 Å². The molecule has 0 N–H and O–H groups in total. The van der Waals surface area contributed by atoms with Gasteiger partial charge < -0.3 is 4.74 Å². The molecule has 2 nitrogen and oxygen atoms in total. The highest BCUT2D eigenvalue weighted by Crippen LogP contribution is 2.05. The average Bonchev–Trinajstić information content (AvgIpc) is 1.98. The second-order valence-corrected chi connectivity index (χ2v) is 3.08. The molecular formula is C7H13BrO2. The molecule has 0 aliphatic rings. The van der Waals surface area contributed by atoms with E-state index in [2.05, 4.69) is 15.9 Å². The lowest BCUT2D eigenvalue weighted by Crippen LogP contribution is -2.18. The van der Waals surface area contributed by atoms with Gasteiger partial charge in [-0.2, -0.15) is 0 Å². The van der Waals surface area contributed by atoms with Crippen LogP contribution in [0.25, 0.3) is 0 Å². The van der Waals surface area contributed by atoms with Crippen LogP contribution >= 0.6 is 15.9 Å². The van der Waals surface area contributed by atoms with Gasteiger partial charge in [0.2, 0.25) is 0 Å². The van der Waals surface area contributed by atoms with Crippen molar-refractivity contribution in [3.63, 3.8) is 0 Å². The van der Waals surface area contributed by atoms with Crippen molar-refractivity contribution >= 4 is 21.7 Å². The Morgan fingerprint density at radius 1 is 1.60 bits per heavy atom. The van der Waals surface area contributed by atoms with E-state index in [-0.39, 0.29) is 17.2 Å². The number of ketones is 1. The highest BCUT2D eigenvalue weighted by molar-refractivity contribution is 9.10. The number of halogens is 1. The number of hydrogen-bond acceptors (Lipinski definition) is 2. The number of alkyl halides is 1. The van der Waals surface area contributed by atoms with Crippen LogP contribution < -0.4 is 0 Å². The third kappa shape index (κ3) is 4.01. The summed E-state index contributed by atoms with van der Waals surface area (Å²) in [6.45, 7) is 4.68. The summed E-state index contributed by atoms with van der Waals surface area (Å²) in [5.41, 5.74) is 0. The summed E-state index contributed by atoms with van der Waals surface area (Å²) in [7, 11) is 0. The molecule has 0 aliphatic heterocycles. The van der Waals surface area contributed by atoms with Gasteiger partial charge in [0.25, 0.3) is 0 Å². The maximum Gasteiger partial charge on any atom is 0.171 e. The van der Waals surface area contributed by atoms with Gasteiger partial charge in [0.05, 0.1) is 4.83 Å². The smallest absolute Gasteiger partial charge is 0.171 e. The van der Waals surface area contributed by atoms with Crippen LogP contribution in [0.3, 0.4) is 0 Å². The zero-order valence-electron chi connectivity index (χ0n) is 6.39. The van der Waals surface area contributed by atoms with Crippen LogP contribution in [-0.4, -0.2) is 23.8 Å². The molecule has 1 unspecified atom stereocenters. The fourth-order valence-corrected chi connectivity index (χ4v) is 0.653. The largest absolute Gasteiger partial charge is 0.374 e. The summed E-state index contributed by atoms with van der Waals surface area (Å²) >= 11 is 3.24. The Morgan fingerprint density at radius 3 is 2.60 bits per heavy atom. The number of ether oxygens (including phenoxy) is 1. The first-order chi connectivity index (χ1) is 4.72. The van der Waals surface area contributed by atoms with E-state index in [4.69, 9.17) is 4.74 Å². The third-order valence-corrected chi connectivity index (χ3v) is 2.31. The molecule has 0 aliphatic carbocycles. The molecule has 0 saturated carbocycles. The van der Waals surface area contributed by atoms with E-state index in [0.29, 0.717) is 6.61 Å². The van der Waals surface area contributed by atoms with Crippen molar-refractivity contribution in [1.29, 1.82) is 0 Å². The molecule has 0 fully saturated rings. The SMILES string of the molecule is CCOCC(=O)C(Br)CC. The minimum absolute atomic E-state index is 0.0287. The average molecular weight is 209 g/mol. The molecule has 0 heterocycles. The van der Waals surface area contributed by atoms with Gasteiger partial charge in [-0.05, 0) is 13.3 Å². The Morgan fingerprint density at radius 2 is 2.20 bits per heavy atom. The molecule has 0 aromatic carbocycles. The summed E-state index contributed by atoms with van der Waals surface area (Å²) in [5.74, 6) is 0.129. The van der Waals surface area contributed by atoms with Crippen LogP contribution in [0.1, 0.15) is 20.3 Å². The van der Waals surface area contributed by atoms with E-state index in [0.717, 1.165) is 6.42 Å². The van der Waals surface area contributed by atoms with E-state index in [9.17, 15) is 4.79 Å². The van der Waals surface area contributed by atoms with Crippen molar-refractivity contribution < 1.29 is 9.53 Å². The highest BCUT2D eigenvalue weighted by Gasteiger charge is 2.10. The minimum atomic E-state index is -0.0287. The molecule has 0 spiro atoms. The molecule has 0 bridgehead atoms. The Kier molecular flexibility index (Phi) is 5.93. The Hall–Kier alpha value is 0.110. The van der Waals surface area contributed by atoms with Gasteiger partial charge >= 0.3 is 0 Å². The van der Waals surface area contributed by atoms with Gasteiger partial charge in [-0.3, -0.25) is 4.79 Å². The van der Waals surface area contributed by atoms with Crippen LogP contribution in [0.4, 0.5) is 0 Å². The van der Waals surface area contributed by atoms with Crippen LogP contribution in [-0.2, 0) is 9.53 Å². The predicted octanol–water partition coefficient (Wildman–Crippen LogP) is 1.77. The second-order valence-electron chi connectivity index (χ2n) is 1.98. The van der Waals surface area contributed by atoms with Crippen molar-refractivity contribution in [3.8, 4) is 0 Å². The molecule has 3 heteroatoms. The van der Waals surface area contributed by atoms with E-state index in [1.54, 1.807) is 0 Å². The molecule has 0 radical (unpaired) electrons. The van der Waals surface area contributed by atoms with Crippen molar-refractivity contribution in [1.82, 2.24) is 0 Å². The lowest BCUT2D eigenvalue weighted by atomic mass is 10.2. The van der Waals surface area contributed by atoms with E-state index in [1.165, 1.54) is 0 Å². The van der Waals surface area contributed by atoms with Gasteiger partial charge in [0.15, 0.2) is 5.78 Å². The third-order valence-electron chi connectivity index (χ3n) is 1.16. The molecule has 0 aromatic heterocycles. The van der Waals surface area contributed by atoms with Crippen LogP contribution in [0.5, 0.6) is 0 Å². The van der Waals surface area contributed by atoms with E-state index < -0.39 is 0 Å². The first-order valence-electron chi connectivity index (χ1n) is 3.46. The van der Waals surface area contributed by atoms with Gasteiger partial charge in [-0.1, -0.05) is 22.9 Å². The number of carbonyl (C=O) groups excluding carboxylic acids is 1. The van der Waals surface area contributed by atoms with Gasteiger partial charge in [-0.15, -0.1) is 0 Å². The predicted molar refractivity (Wildman–Crippen MR) is 44.5 cm³/mol.